The Bertz CT molecular complexity index is 2420. The van der Waals surface area contributed by atoms with Crippen LogP contribution in [0, 0.1) is 17.8 Å². The largest absolute Gasteiger partial charge is 0.459 e. The molecule has 3 saturated heterocycles. The van der Waals surface area contributed by atoms with E-state index in [0.717, 1.165) is 20.9 Å². The summed E-state index contributed by atoms with van der Waals surface area (Å²) in [4.78, 5) is 36.5. The summed E-state index contributed by atoms with van der Waals surface area (Å²) in [5, 5.41) is 63.5. The predicted molar refractivity (Wildman–Crippen MR) is 299 cm³/mol. The maximum atomic E-state index is 14.7. The Morgan fingerprint density at radius 1 is 0.909 bits per heavy atom. The van der Waals surface area contributed by atoms with Crippen molar-refractivity contribution in [2.75, 3.05) is 40.8 Å². The number of hydrogen-bond acceptors (Lipinski definition) is 17. The van der Waals surface area contributed by atoms with Crippen molar-refractivity contribution in [2.24, 2.45) is 17.8 Å². The molecule has 18 heteroatoms. The van der Waals surface area contributed by atoms with Crippen LogP contribution in [-0.2, 0) is 38.0 Å². The molecule has 2 aromatic carbocycles. The first kappa shape index (κ1) is 61.3. The summed E-state index contributed by atoms with van der Waals surface area (Å²) in [6, 6.07) is 17.9. The first-order chi connectivity index (χ1) is 36.3. The molecular formula is C59H87N3O13S2. The summed E-state index contributed by atoms with van der Waals surface area (Å²) in [5.74, 6) is -3.15. The number of aliphatic hydroxyl groups is 5. The van der Waals surface area contributed by atoms with Crippen LogP contribution in [0.2, 0.25) is 0 Å². The number of hydrogen-bond donors (Lipinski definition) is 6. The Hall–Kier alpha value is -3.31. The fourth-order valence-corrected chi connectivity index (χ4v) is 14.4. The molecule has 428 valence electrons. The number of carbonyl (C=O) groups excluding carboxylic acids is 2. The molecular weight excluding hydrogens is 1020 g/mol. The van der Waals surface area contributed by atoms with E-state index in [-0.39, 0.29) is 43.2 Å². The number of benzene rings is 2. The molecule has 77 heavy (non-hydrogen) atoms. The molecule has 16 nitrogen and oxygen atoms in total. The summed E-state index contributed by atoms with van der Waals surface area (Å²) in [6.45, 7) is 18.6. The minimum absolute atomic E-state index is 0.0970. The van der Waals surface area contributed by atoms with Gasteiger partial charge in [-0.2, -0.15) is 0 Å². The van der Waals surface area contributed by atoms with Crippen LogP contribution < -0.4 is 5.32 Å². The van der Waals surface area contributed by atoms with E-state index in [1.165, 1.54) is 29.4 Å². The molecule has 0 radical (unpaired) electrons. The highest BCUT2D eigenvalue weighted by Gasteiger charge is 2.53. The number of methoxy groups -OCH3 is 1. The summed E-state index contributed by atoms with van der Waals surface area (Å²) < 4.78 is 38.3. The number of cyclic esters (lactones) is 1. The van der Waals surface area contributed by atoms with E-state index in [1.54, 1.807) is 63.8 Å². The van der Waals surface area contributed by atoms with Gasteiger partial charge in [0, 0.05) is 87.9 Å². The molecule has 0 spiro atoms. The van der Waals surface area contributed by atoms with E-state index in [0.29, 0.717) is 32.5 Å². The Labute approximate surface area is 464 Å². The van der Waals surface area contributed by atoms with Gasteiger partial charge >= 0.3 is 5.97 Å². The lowest BCUT2D eigenvalue weighted by Crippen LogP contribution is -2.60. The summed E-state index contributed by atoms with van der Waals surface area (Å²) in [7, 11) is 5.27. The zero-order valence-corrected chi connectivity index (χ0v) is 49.0. The third kappa shape index (κ3) is 13.9. The van der Waals surface area contributed by atoms with Gasteiger partial charge in [0.25, 0.3) is 0 Å². The number of nitrogens with zero attached hydrogens (tertiary/aromatic N) is 2. The molecule has 0 saturated carbocycles. The summed E-state index contributed by atoms with van der Waals surface area (Å²) >= 11 is 3.41. The highest BCUT2D eigenvalue weighted by Crippen LogP contribution is 2.51. The van der Waals surface area contributed by atoms with Crippen LogP contribution in [0.5, 0.6) is 0 Å². The molecule has 0 bridgehead atoms. The van der Waals surface area contributed by atoms with E-state index >= 15 is 0 Å². The number of likely N-dealkylation sites (N-methyl/N-ethyl adjacent to an activating group) is 1. The van der Waals surface area contributed by atoms with Crippen LogP contribution in [0.25, 0.3) is 27.6 Å². The van der Waals surface area contributed by atoms with Gasteiger partial charge in [0.1, 0.15) is 30.0 Å². The van der Waals surface area contributed by atoms with E-state index in [1.807, 2.05) is 63.7 Å². The van der Waals surface area contributed by atoms with Crippen molar-refractivity contribution < 1.29 is 63.5 Å². The molecule has 1 aromatic heterocycles. The highest BCUT2D eigenvalue weighted by atomic mass is 32.2. The Kier molecular flexibility index (Phi) is 20.4. The molecule has 7 rings (SSSR count). The van der Waals surface area contributed by atoms with Crippen molar-refractivity contribution in [1.82, 2.24) is 15.1 Å². The third-order valence-electron chi connectivity index (χ3n) is 16.6. The van der Waals surface area contributed by atoms with Crippen molar-refractivity contribution in [1.29, 1.82) is 0 Å². The molecule has 0 unspecified atom stereocenters. The fourth-order valence-electron chi connectivity index (χ4n) is 12.1. The summed E-state index contributed by atoms with van der Waals surface area (Å²) in [6.07, 6.45) is -5.23. The van der Waals surface area contributed by atoms with Crippen molar-refractivity contribution in [3.05, 3.63) is 65.6 Å². The monoisotopic (exact) mass is 1110 g/mol. The molecule has 0 aliphatic carbocycles. The van der Waals surface area contributed by atoms with Crippen LogP contribution >= 0.6 is 23.1 Å². The van der Waals surface area contributed by atoms with E-state index < -0.39 is 96.0 Å². The molecule has 5 heterocycles. The van der Waals surface area contributed by atoms with Gasteiger partial charge in [-0.1, -0.05) is 68.9 Å². The third-order valence-corrected chi connectivity index (χ3v) is 18.9. The smallest absolute Gasteiger partial charge is 0.311 e. The number of fused-ring (bicyclic) bond motifs is 5. The Morgan fingerprint density at radius 3 is 2.23 bits per heavy atom. The summed E-state index contributed by atoms with van der Waals surface area (Å²) in [5.41, 5.74) is -1.20. The number of amides is 1. The maximum absolute atomic E-state index is 14.7. The fraction of sp³-hybridized carbons (Fsp3) is 0.661. The second-order valence-corrected chi connectivity index (χ2v) is 25.4. The van der Waals surface area contributed by atoms with E-state index in [2.05, 4.69) is 53.8 Å². The Morgan fingerprint density at radius 2 is 1.57 bits per heavy atom. The topological polar surface area (TPSA) is 209 Å². The lowest BCUT2D eigenvalue weighted by molar-refractivity contribution is -0.318. The predicted octanol–water partition coefficient (Wildman–Crippen LogP) is 7.35. The van der Waals surface area contributed by atoms with Gasteiger partial charge < -0.3 is 64.2 Å². The van der Waals surface area contributed by atoms with Crippen LogP contribution in [-0.4, -0.2) is 178 Å². The van der Waals surface area contributed by atoms with Crippen molar-refractivity contribution in [3.63, 3.8) is 0 Å². The maximum Gasteiger partial charge on any atom is 0.311 e. The van der Waals surface area contributed by atoms with Gasteiger partial charge in [0.05, 0.1) is 41.5 Å². The molecule has 1 amide bonds. The van der Waals surface area contributed by atoms with E-state index in [9.17, 15) is 35.1 Å². The SMILES string of the molecule is CC[C@H]1OC(=O)[C@H](C)[C@@H](O[C@H]2C[C@@](C)(OC)[C@@H](O)[C@H](C)O2)[C@H](C)[C@@H](O[C@@H]2O[C@H](C)C[C@H](N(C)C)[C@H]2O)[C@](C)(O)C[C@@H](C)CN(CCCNC(=O)/C=C/c2cc3c(s2)-c2ccccc2Sc2ccccc2-3)[C@H](C)[C@@H](O)[C@]1(C)O. The Balaban J connectivity index is 1.14. The molecule has 4 aliphatic heterocycles. The van der Waals surface area contributed by atoms with Gasteiger partial charge in [-0.15, -0.1) is 11.3 Å². The molecule has 3 fully saturated rings. The van der Waals surface area contributed by atoms with E-state index in [4.69, 9.17) is 28.4 Å². The number of thiophene rings is 1. The quantitative estimate of drug-likeness (QED) is 0.0439. The highest BCUT2D eigenvalue weighted by molar-refractivity contribution is 7.99. The van der Waals surface area contributed by atoms with Crippen molar-refractivity contribution in [3.8, 4) is 21.6 Å². The van der Waals surface area contributed by atoms with Crippen LogP contribution in [0.15, 0.2) is 70.5 Å². The lowest BCUT2D eigenvalue weighted by Gasteiger charge is -2.48. The molecule has 3 aromatic rings. The number of rotatable bonds is 13. The van der Waals surface area contributed by atoms with Gasteiger partial charge in [-0.25, -0.2) is 0 Å². The second-order valence-electron chi connectivity index (χ2n) is 23.2. The zero-order valence-electron chi connectivity index (χ0n) is 47.4. The number of esters is 1. The number of carbonyl (C=O) groups is 2. The van der Waals surface area contributed by atoms with Gasteiger partial charge in [0.2, 0.25) is 5.91 Å². The number of aliphatic hydroxyl groups excluding tert-OH is 3. The zero-order chi connectivity index (χ0) is 56.3. The minimum Gasteiger partial charge on any atom is -0.459 e. The van der Waals surface area contributed by atoms with Crippen LogP contribution in [0.4, 0.5) is 0 Å². The van der Waals surface area contributed by atoms with Gasteiger partial charge in [-0.3, -0.25) is 14.5 Å². The first-order valence-corrected chi connectivity index (χ1v) is 29.2. The normalized spacial score (nSPS) is 37.7. The van der Waals surface area contributed by atoms with Gasteiger partial charge in [0.15, 0.2) is 12.6 Å². The molecule has 18 atom stereocenters. The minimum atomic E-state index is -1.93. The standard InChI is InChI=1S/C59H87N3O13S2/c1-14-46-59(10,69)52(65)37(6)62(27-19-26-60-47(63)25-24-39-29-42-40-20-15-17-22-44(40)77-45-23-18-16-21-41(45)51(42)76-39)32-33(2)30-57(8,68)54(75-56-49(64)43(61(11)12)28-34(3)71-56)35(4)50(36(5)55(67)73-46)74-48-31-58(9,70-13)53(66)38(7)72-48/h15-18,20-25,29,33-38,43,46,48-50,52-54,56,64-66,68-69H,14,19,26-28,30-32H2,1-13H3,(H,60,63)/b25-24+/t33-,34-,35+,36-,37-,38+,43+,46-,48+,49-,50+,52-,53+,54-,56+,57-,58-,59-/m1/s1. The second kappa shape index (κ2) is 25.6. The average molecular weight is 1110 g/mol. The molecule has 6 N–H and O–H groups in total. The van der Waals surface area contributed by atoms with Crippen molar-refractivity contribution in [2.45, 2.75) is 201 Å². The lowest BCUT2D eigenvalue weighted by atomic mass is 9.77. The van der Waals surface area contributed by atoms with Gasteiger partial charge in [-0.05, 0) is 124 Å². The van der Waals surface area contributed by atoms with Crippen LogP contribution in [0.1, 0.15) is 106 Å². The van der Waals surface area contributed by atoms with Crippen LogP contribution in [0.3, 0.4) is 0 Å². The van der Waals surface area contributed by atoms with Crippen molar-refractivity contribution >= 4 is 41.1 Å². The average Bonchev–Trinajstić information content (AvgIpc) is 3.77. The number of ether oxygens (including phenoxy) is 6. The molecule has 4 aliphatic rings. The first-order valence-electron chi connectivity index (χ1n) is 27.5. The number of nitrogens with one attached hydrogen (secondary N) is 1.